The zero-order chi connectivity index (χ0) is 10.7. The molecule has 2 N–H and O–H groups in total. The Balaban J connectivity index is 2.40. The minimum absolute atomic E-state index is 0.698. The normalized spacial score (nSPS) is 10.8. The fraction of sp³-hybridized carbons (Fsp3) is 0.364. The molecule has 2 rings (SSSR count). The van der Waals surface area contributed by atoms with Crippen LogP contribution < -0.4 is 5.73 Å². The van der Waals surface area contributed by atoms with Gasteiger partial charge in [-0.1, -0.05) is 13.0 Å². The molecule has 2 heterocycles. The zero-order valence-corrected chi connectivity index (χ0v) is 10.3. The Morgan fingerprint density at radius 2 is 2.33 bits per heavy atom. The van der Waals surface area contributed by atoms with Crippen LogP contribution >= 0.6 is 22.7 Å². The van der Waals surface area contributed by atoms with Crippen molar-refractivity contribution in [1.82, 2.24) is 4.98 Å². The second kappa shape index (κ2) is 4.88. The van der Waals surface area contributed by atoms with Crippen LogP contribution in [0.2, 0.25) is 0 Å². The second-order valence-corrected chi connectivity index (χ2v) is 5.36. The highest BCUT2D eigenvalue weighted by molar-refractivity contribution is 7.15. The Kier molecular flexibility index (Phi) is 3.51. The van der Waals surface area contributed by atoms with Crippen LogP contribution in [-0.2, 0) is 12.8 Å². The van der Waals surface area contributed by atoms with Gasteiger partial charge in [-0.05, 0) is 30.8 Å². The number of thiazole rings is 1. The third kappa shape index (κ3) is 2.27. The van der Waals surface area contributed by atoms with Gasteiger partial charge in [0.15, 0.2) is 0 Å². The average Bonchev–Trinajstić information content (AvgIpc) is 2.85. The van der Waals surface area contributed by atoms with Crippen molar-refractivity contribution in [1.29, 1.82) is 0 Å². The van der Waals surface area contributed by atoms with E-state index in [0.717, 1.165) is 18.5 Å². The molecule has 2 aromatic heterocycles. The highest BCUT2D eigenvalue weighted by atomic mass is 32.1. The quantitative estimate of drug-likeness (QED) is 0.889. The highest BCUT2D eigenvalue weighted by Gasteiger charge is 2.12. The van der Waals surface area contributed by atoms with Gasteiger partial charge in [-0.25, -0.2) is 4.98 Å². The van der Waals surface area contributed by atoms with Crippen LogP contribution in [0.15, 0.2) is 17.5 Å². The number of aryl methyl sites for hydroxylation is 1. The van der Waals surface area contributed by atoms with E-state index in [1.807, 2.05) is 0 Å². The van der Waals surface area contributed by atoms with Crippen molar-refractivity contribution in [3.8, 4) is 10.6 Å². The summed E-state index contributed by atoms with van der Waals surface area (Å²) >= 11 is 3.54. The van der Waals surface area contributed by atoms with Gasteiger partial charge in [0.1, 0.15) is 0 Å². The number of nitrogens with two attached hydrogens (primary N) is 1. The molecule has 80 valence electrons. The van der Waals surface area contributed by atoms with Gasteiger partial charge in [0, 0.05) is 4.88 Å². The van der Waals surface area contributed by atoms with Crippen molar-refractivity contribution >= 4 is 22.7 Å². The first kappa shape index (κ1) is 10.8. The number of aromatic nitrogens is 1. The largest absolute Gasteiger partial charge is 0.330 e. The lowest BCUT2D eigenvalue weighted by Gasteiger charge is -1.96. The van der Waals surface area contributed by atoms with E-state index in [0.29, 0.717) is 6.54 Å². The lowest BCUT2D eigenvalue weighted by atomic mass is 10.2. The smallest absolute Gasteiger partial charge is 0.0946 e. The Morgan fingerprint density at radius 3 is 2.93 bits per heavy atom. The summed E-state index contributed by atoms with van der Waals surface area (Å²) in [5, 5.41) is 3.30. The predicted molar refractivity (Wildman–Crippen MR) is 67.6 cm³/mol. The highest BCUT2D eigenvalue weighted by Crippen LogP contribution is 2.31. The first-order chi connectivity index (χ1) is 7.35. The van der Waals surface area contributed by atoms with Crippen LogP contribution in [0.3, 0.4) is 0 Å². The molecule has 0 aliphatic rings. The Morgan fingerprint density at radius 1 is 1.47 bits per heavy atom. The first-order valence-corrected chi connectivity index (χ1v) is 6.77. The number of hydrogen-bond donors (Lipinski definition) is 1. The summed E-state index contributed by atoms with van der Waals surface area (Å²) in [6.45, 7) is 2.84. The van der Waals surface area contributed by atoms with Gasteiger partial charge >= 0.3 is 0 Å². The molecule has 0 saturated heterocycles. The molecule has 0 spiro atoms. The summed E-state index contributed by atoms with van der Waals surface area (Å²) in [5.74, 6) is 0. The second-order valence-electron chi connectivity index (χ2n) is 3.25. The van der Waals surface area contributed by atoms with E-state index in [9.17, 15) is 0 Å². The SMILES string of the molecule is CCc1nc(-c2cccs2)c(CCN)s1. The molecule has 15 heavy (non-hydrogen) atoms. The topological polar surface area (TPSA) is 38.9 Å². The van der Waals surface area contributed by atoms with Gasteiger partial charge in [0.25, 0.3) is 0 Å². The zero-order valence-electron chi connectivity index (χ0n) is 8.69. The molecule has 4 heteroatoms. The monoisotopic (exact) mass is 238 g/mol. The maximum atomic E-state index is 5.62. The standard InChI is InChI=1S/C11H14N2S2/c1-2-10-13-11(8-4-3-7-14-8)9(15-10)5-6-12/h3-4,7H,2,5-6,12H2,1H3. The lowest BCUT2D eigenvalue weighted by Crippen LogP contribution is -2.01. The lowest BCUT2D eigenvalue weighted by molar-refractivity contribution is 0.985. The number of thiophene rings is 1. The van der Waals surface area contributed by atoms with Crippen molar-refractivity contribution in [2.75, 3.05) is 6.54 Å². The number of nitrogens with zero attached hydrogens (tertiary/aromatic N) is 1. The van der Waals surface area contributed by atoms with Crippen LogP contribution in [0, 0.1) is 0 Å². The number of rotatable bonds is 4. The molecule has 0 aliphatic heterocycles. The molecule has 2 aromatic rings. The molecule has 0 aliphatic carbocycles. The molecule has 0 amide bonds. The molecule has 0 atom stereocenters. The van der Waals surface area contributed by atoms with Crippen LogP contribution in [0.4, 0.5) is 0 Å². The van der Waals surface area contributed by atoms with Crippen molar-refractivity contribution in [3.05, 3.63) is 27.4 Å². The summed E-state index contributed by atoms with van der Waals surface area (Å²) < 4.78 is 0. The Hall–Kier alpha value is -0.710. The minimum Gasteiger partial charge on any atom is -0.330 e. The van der Waals surface area contributed by atoms with E-state index in [2.05, 4.69) is 29.4 Å². The van der Waals surface area contributed by atoms with E-state index in [1.54, 1.807) is 22.7 Å². The van der Waals surface area contributed by atoms with Gasteiger partial charge in [0.05, 0.1) is 15.6 Å². The molecule has 0 aromatic carbocycles. The van der Waals surface area contributed by atoms with E-state index < -0.39 is 0 Å². The van der Waals surface area contributed by atoms with Crippen molar-refractivity contribution < 1.29 is 0 Å². The Labute approximate surface area is 97.8 Å². The fourth-order valence-corrected chi connectivity index (χ4v) is 3.30. The maximum absolute atomic E-state index is 5.62. The molecule has 0 radical (unpaired) electrons. The molecular weight excluding hydrogens is 224 g/mol. The van der Waals surface area contributed by atoms with Crippen LogP contribution in [-0.4, -0.2) is 11.5 Å². The third-order valence-electron chi connectivity index (χ3n) is 2.17. The summed E-state index contributed by atoms with van der Waals surface area (Å²) in [5.41, 5.74) is 6.77. The predicted octanol–water partition coefficient (Wildman–Crippen LogP) is 2.94. The van der Waals surface area contributed by atoms with Crippen molar-refractivity contribution in [3.63, 3.8) is 0 Å². The molecule has 0 saturated carbocycles. The van der Waals surface area contributed by atoms with Crippen LogP contribution in [0.5, 0.6) is 0 Å². The van der Waals surface area contributed by atoms with Crippen LogP contribution in [0.25, 0.3) is 10.6 Å². The molecular formula is C11H14N2S2. The van der Waals surface area contributed by atoms with Gasteiger partial charge in [-0.15, -0.1) is 22.7 Å². The van der Waals surface area contributed by atoms with Crippen molar-refractivity contribution in [2.45, 2.75) is 19.8 Å². The number of hydrogen-bond acceptors (Lipinski definition) is 4. The van der Waals surface area contributed by atoms with Gasteiger partial charge < -0.3 is 5.73 Å². The third-order valence-corrected chi connectivity index (χ3v) is 4.31. The maximum Gasteiger partial charge on any atom is 0.0946 e. The molecule has 2 nitrogen and oxygen atoms in total. The summed E-state index contributed by atoms with van der Waals surface area (Å²) in [4.78, 5) is 7.25. The van der Waals surface area contributed by atoms with E-state index in [4.69, 9.17) is 5.73 Å². The molecule has 0 unspecified atom stereocenters. The fourth-order valence-electron chi connectivity index (χ4n) is 1.46. The first-order valence-electron chi connectivity index (χ1n) is 5.07. The Bertz CT molecular complexity index is 418. The average molecular weight is 238 g/mol. The molecule has 0 fully saturated rings. The van der Waals surface area contributed by atoms with Crippen LogP contribution in [0.1, 0.15) is 16.8 Å². The summed E-state index contributed by atoms with van der Waals surface area (Å²) in [7, 11) is 0. The van der Waals surface area contributed by atoms with E-state index >= 15 is 0 Å². The summed E-state index contributed by atoms with van der Waals surface area (Å²) in [6.07, 6.45) is 1.94. The van der Waals surface area contributed by atoms with Crippen molar-refractivity contribution in [2.24, 2.45) is 5.73 Å². The van der Waals surface area contributed by atoms with Gasteiger partial charge in [-0.3, -0.25) is 0 Å². The minimum atomic E-state index is 0.698. The van der Waals surface area contributed by atoms with Gasteiger partial charge in [0.2, 0.25) is 0 Å². The summed E-state index contributed by atoms with van der Waals surface area (Å²) in [6, 6.07) is 4.19. The van der Waals surface area contributed by atoms with Gasteiger partial charge in [-0.2, -0.15) is 0 Å². The van der Waals surface area contributed by atoms with E-state index in [1.165, 1.54) is 14.8 Å². The molecule has 0 bridgehead atoms. The van der Waals surface area contributed by atoms with E-state index in [-0.39, 0.29) is 0 Å².